The van der Waals surface area contributed by atoms with Gasteiger partial charge >= 0.3 is 0 Å². The Hall–Kier alpha value is -2.03. The van der Waals surface area contributed by atoms with Crippen LogP contribution in [-0.4, -0.2) is 37.5 Å². The zero-order valence-electron chi connectivity index (χ0n) is 14.5. The van der Waals surface area contributed by atoms with Crippen LogP contribution < -0.4 is 0 Å². The largest absolute Gasteiger partial charge is 0.334 e. The third-order valence-electron chi connectivity index (χ3n) is 4.18. The first kappa shape index (κ1) is 18.8. The van der Waals surface area contributed by atoms with E-state index in [-0.39, 0.29) is 16.8 Å². The number of hydrogen-bond acceptors (Lipinski definition) is 6. The number of carbonyl (C=O) groups is 1. The Morgan fingerprint density at radius 2 is 1.85 bits per heavy atom. The summed E-state index contributed by atoms with van der Waals surface area (Å²) in [5, 5.41) is 6.58. The summed E-state index contributed by atoms with van der Waals surface area (Å²) < 4.78 is 23.1. The molecule has 2 aromatic heterocycles. The molecule has 136 valence electrons. The van der Waals surface area contributed by atoms with Crippen molar-refractivity contribution in [2.75, 3.05) is 13.3 Å². The Balaban J connectivity index is 1.77. The van der Waals surface area contributed by atoms with Crippen molar-refractivity contribution in [2.45, 2.75) is 17.9 Å². The molecule has 3 rings (SSSR count). The third kappa shape index (κ3) is 3.87. The predicted octanol–water partition coefficient (Wildman–Crippen LogP) is 4.11. The molecule has 26 heavy (non-hydrogen) atoms. The van der Waals surface area contributed by atoms with Gasteiger partial charge in [0.1, 0.15) is 10.7 Å². The molecular weight excluding hydrogens is 388 g/mol. The standard InChI is InChI=1S/C18H18N2O3S3/c1-12(13-4-6-15(7-5-13)26(3,22)23)20(2)18(21)16-11-25-17(19-16)14-8-9-24-10-14/h4-12H,1-3H3/t12-/m1/s1. The molecule has 1 atom stereocenters. The minimum absolute atomic E-state index is 0.164. The van der Waals surface area contributed by atoms with E-state index < -0.39 is 9.84 Å². The Kier molecular flexibility index (Phi) is 5.27. The minimum atomic E-state index is -3.23. The molecule has 0 unspecified atom stereocenters. The van der Waals surface area contributed by atoms with Crippen LogP contribution >= 0.6 is 22.7 Å². The van der Waals surface area contributed by atoms with Crippen LogP contribution in [0.15, 0.2) is 51.4 Å². The van der Waals surface area contributed by atoms with Crippen LogP contribution in [0.1, 0.15) is 29.0 Å². The first-order valence-electron chi connectivity index (χ1n) is 7.82. The zero-order valence-corrected chi connectivity index (χ0v) is 17.0. The van der Waals surface area contributed by atoms with Crippen molar-refractivity contribution in [3.8, 4) is 10.6 Å². The van der Waals surface area contributed by atoms with Crippen LogP contribution in [0.3, 0.4) is 0 Å². The van der Waals surface area contributed by atoms with Gasteiger partial charge in [-0.05, 0) is 36.1 Å². The van der Waals surface area contributed by atoms with E-state index in [1.807, 2.05) is 23.8 Å². The van der Waals surface area contributed by atoms with Crippen molar-refractivity contribution in [1.82, 2.24) is 9.88 Å². The summed E-state index contributed by atoms with van der Waals surface area (Å²) >= 11 is 3.04. The Morgan fingerprint density at radius 1 is 1.15 bits per heavy atom. The lowest BCUT2D eigenvalue weighted by molar-refractivity contribution is 0.0737. The van der Waals surface area contributed by atoms with Gasteiger partial charge in [0.05, 0.1) is 10.9 Å². The van der Waals surface area contributed by atoms with Crippen LogP contribution in [0.2, 0.25) is 0 Å². The average Bonchev–Trinajstić information content (AvgIpc) is 3.30. The quantitative estimate of drug-likeness (QED) is 0.639. The number of amides is 1. The molecule has 8 heteroatoms. The fourth-order valence-electron chi connectivity index (χ4n) is 2.46. The molecule has 0 aliphatic heterocycles. The summed E-state index contributed by atoms with van der Waals surface area (Å²) in [6, 6.07) is 8.38. The molecule has 2 heterocycles. The molecule has 1 aromatic carbocycles. The van der Waals surface area contributed by atoms with Gasteiger partial charge in [0, 0.05) is 29.6 Å². The van der Waals surface area contributed by atoms with Crippen molar-refractivity contribution < 1.29 is 13.2 Å². The first-order chi connectivity index (χ1) is 12.3. The summed E-state index contributed by atoms with van der Waals surface area (Å²) in [6.45, 7) is 1.90. The molecule has 5 nitrogen and oxygen atoms in total. The smallest absolute Gasteiger partial charge is 0.273 e. The van der Waals surface area contributed by atoms with Crippen LogP contribution in [0.5, 0.6) is 0 Å². The molecule has 0 aliphatic rings. The van der Waals surface area contributed by atoms with Gasteiger partial charge in [-0.15, -0.1) is 11.3 Å². The van der Waals surface area contributed by atoms with Gasteiger partial charge < -0.3 is 4.90 Å². The number of nitrogens with zero attached hydrogens (tertiary/aromatic N) is 2. The van der Waals surface area contributed by atoms with Crippen LogP contribution in [0, 0.1) is 0 Å². The lowest BCUT2D eigenvalue weighted by Crippen LogP contribution is -2.29. The highest BCUT2D eigenvalue weighted by Gasteiger charge is 2.22. The highest BCUT2D eigenvalue weighted by atomic mass is 32.2. The molecule has 1 amide bonds. The fraction of sp³-hybridized carbons (Fsp3) is 0.222. The summed E-state index contributed by atoms with van der Waals surface area (Å²) in [5.74, 6) is -0.164. The van der Waals surface area contributed by atoms with E-state index in [0.717, 1.165) is 16.1 Å². The molecule has 0 N–H and O–H groups in total. The normalized spacial score (nSPS) is 12.7. The van der Waals surface area contributed by atoms with Crippen LogP contribution in [-0.2, 0) is 9.84 Å². The van der Waals surface area contributed by atoms with Crippen molar-refractivity contribution in [3.63, 3.8) is 0 Å². The van der Waals surface area contributed by atoms with E-state index in [0.29, 0.717) is 5.69 Å². The lowest BCUT2D eigenvalue weighted by atomic mass is 10.1. The third-order valence-corrected chi connectivity index (χ3v) is 6.89. The number of rotatable bonds is 5. The summed E-state index contributed by atoms with van der Waals surface area (Å²) in [5.41, 5.74) is 2.30. The Labute approximate surface area is 160 Å². The number of thiazole rings is 1. The van der Waals surface area contributed by atoms with E-state index in [1.54, 1.807) is 52.9 Å². The Morgan fingerprint density at radius 3 is 2.42 bits per heavy atom. The summed E-state index contributed by atoms with van der Waals surface area (Å²) in [4.78, 5) is 19.1. The van der Waals surface area contributed by atoms with Crippen molar-refractivity contribution in [3.05, 3.63) is 57.7 Å². The van der Waals surface area contributed by atoms with Crippen molar-refractivity contribution in [1.29, 1.82) is 0 Å². The van der Waals surface area contributed by atoms with E-state index in [1.165, 1.54) is 17.6 Å². The monoisotopic (exact) mass is 406 g/mol. The molecular formula is C18H18N2O3S3. The number of thiophene rings is 1. The van der Waals surface area contributed by atoms with E-state index in [9.17, 15) is 13.2 Å². The SMILES string of the molecule is C[C@H](c1ccc(S(C)(=O)=O)cc1)N(C)C(=O)c1csc(-c2ccsc2)n1. The number of aromatic nitrogens is 1. The highest BCUT2D eigenvalue weighted by Crippen LogP contribution is 2.27. The second-order valence-corrected chi connectivity index (χ2v) is 9.64. The molecule has 0 bridgehead atoms. The van der Waals surface area contributed by atoms with Gasteiger partial charge in [-0.25, -0.2) is 13.4 Å². The molecule has 0 aliphatic carbocycles. The first-order valence-corrected chi connectivity index (χ1v) is 11.5. The van der Waals surface area contributed by atoms with E-state index in [4.69, 9.17) is 0 Å². The van der Waals surface area contributed by atoms with Crippen molar-refractivity contribution >= 4 is 38.4 Å². The van der Waals surface area contributed by atoms with Gasteiger partial charge in [0.15, 0.2) is 9.84 Å². The number of carbonyl (C=O) groups excluding carboxylic acids is 1. The highest BCUT2D eigenvalue weighted by molar-refractivity contribution is 7.90. The zero-order chi connectivity index (χ0) is 18.9. The molecule has 0 spiro atoms. The minimum Gasteiger partial charge on any atom is -0.334 e. The van der Waals surface area contributed by atoms with Gasteiger partial charge in [-0.2, -0.15) is 11.3 Å². The molecule has 0 saturated carbocycles. The van der Waals surface area contributed by atoms with Gasteiger partial charge in [0.25, 0.3) is 5.91 Å². The van der Waals surface area contributed by atoms with Gasteiger partial charge in [0.2, 0.25) is 0 Å². The second kappa shape index (κ2) is 7.30. The topological polar surface area (TPSA) is 67.3 Å². The maximum Gasteiger partial charge on any atom is 0.273 e. The van der Waals surface area contributed by atoms with Gasteiger partial charge in [-0.1, -0.05) is 12.1 Å². The van der Waals surface area contributed by atoms with Crippen molar-refractivity contribution in [2.24, 2.45) is 0 Å². The average molecular weight is 407 g/mol. The maximum atomic E-state index is 12.7. The van der Waals surface area contributed by atoms with Crippen LogP contribution in [0.4, 0.5) is 0 Å². The Bertz CT molecular complexity index is 1010. The molecule has 3 aromatic rings. The molecule has 0 radical (unpaired) electrons. The maximum absolute atomic E-state index is 12.7. The summed E-state index contributed by atoms with van der Waals surface area (Å²) in [7, 11) is -1.51. The van der Waals surface area contributed by atoms with Gasteiger partial charge in [-0.3, -0.25) is 4.79 Å². The lowest BCUT2D eigenvalue weighted by Gasteiger charge is -2.24. The number of benzene rings is 1. The van der Waals surface area contributed by atoms with E-state index in [2.05, 4.69) is 4.98 Å². The van der Waals surface area contributed by atoms with Crippen LogP contribution in [0.25, 0.3) is 10.6 Å². The number of sulfone groups is 1. The predicted molar refractivity (Wildman–Crippen MR) is 105 cm³/mol. The fourth-order valence-corrected chi connectivity index (χ4v) is 4.60. The molecule has 0 fully saturated rings. The molecule has 0 saturated heterocycles. The number of hydrogen-bond donors (Lipinski definition) is 0. The summed E-state index contributed by atoms with van der Waals surface area (Å²) in [6.07, 6.45) is 1.17. The van der Waals surface area contributed by atoms with E-state index >= 15 is 0 Å². The second-order valence-electron chi connectivity index (χ2n) is 5.98.